The van der Waals surface area contributed by atoms with E-state index in [1.165, 1.54) is 4.31 Å². The van der Waals surface area contributed by atoms with Crippen molar-refractivity contribution in [1.82, 2.24) is 9.21 Å². The number of hydrogen-bond acceptors (Lipinski definition) is 6. The minimum absolute atomic E-state index is 0.201. The Morgan fingerprint density at radius 2 is 1.79 bits per heavy atom. The smallest absolute Gasteiger partial charge is 0.243 e. The van der Waals surface area contributed by atoms with Gasteiger partial charge in [-0.25, -0.2) is 8.42 Å². The Morgan fingerprint density at radius 1 is 1.12 bits per heavy atom. The molecule has 2 aliphatic heterocycles. The fourth-order valence-electron chi connectivity index (χ4n) is 2.87. The van der Waals surface area contributed by atoms with Crippen LogP contribution in [0.5, 0.6) is 11.5 Å². The molecule has 8 heteroatoms. The fourth-order valence-corrected chi connectivity index (χ4v) is 4.30. The van der Waals surface area contributed by atoms with Crippen LogP contribution in [0, 0.1) is 11.3 Å². The monoisotopic (exact) mass is 351 g/mol. The first kappa shape index (κ1) is 17.0. The van der Waals surface area contributed by atoms with Crippen molar-refractivity contribution >= 4 is 10.0 Å². The molecule has 2 aliphatic rings. The van der Waals surface area contributed by atoms with Gasteiger partial charge in [-0.05, 0) is 19.1 Å². The summed E-state index contributed by atoms with van der Waals surface area (Å²) in [6, 6.07) is 6.75. The van der Waals surface area contributed by atoms with Crippen molar-refractivity contribution in [2.45, 2.75) is 24.3 Å². The van der Waals surface area contributed by atoms with E-state index in [4.69, 9.17) is 14.7 Å². The van der Waals surface area contributed by atoms with Crippen molar-refractivity contribution in [3.05, 3.63) is 18.2 Å². The van der Waals surface area contributed by atoms with Crippen molar-refractivity contribution in [2.24, 2.45) is 0 Å². The summed E-state index contributed by atoms with van der Waals surface area (Å²) in [5.41, 5.74) is 0. The molecular formula is C16H21N3O4S. The molecule has 7 nitrogen and oxygen atoms in total. The number of rotatable bonds is 3. The van der Waals surface area contributed by atoms with Gasteiger partial charge in [-0.3, -0.25) is 4.90 Å². The van der Waals surface area contributed by atoms with Crippen molar-refractivity contribution < 1.29 is 17.9 Å². The van der Waals surface area contributed by atoms with E-state index in [0.29, 0.717) is 50.9 Å². The third-order valence-corrected chi connectivity index (χ3v) is 6.26. The first-order valence-corrected chi connectivity index (χ1v) is 9.50. The molecule has 2 heterocycles. The van der Waals surface area contributed by atoms with Crippen LogP contribution < -0.4 is 9.47 Å². The van der Waals surface area contributed by atoms with Crippen molar-refractivity contribution in [1.29, 1.82) is 5.26 Å². The third kappa shape index (κ3) is 3.34. The lowest BCUT2D eigenvalue weighted by Crippen LogP contribution is -2.50. The van der Waals surface area contributed by atoms with Gasteiger partial charge in [0.2, 0.25) is 10.0 Å². The summed E-state index contributed by atoms with van der Waals surface area (Å²) in [4.78, 5) is 2.20. The highest BCUT2D eigenvalue weighted by Gasteiger charge is 2.30. The lowest BCUT2D eigenvalue weighted by molar-refractivity contribution is 0.169. The Kier molecular flexibility index (Phi) is 4.94. The van der Waals surface area contributed by atoms with Gasteiger partial charge in [-0.15, -0.1) is 0 Å². The van der Waals surface area contributed by atoms with Crippen LogP contribution in [0.2, 0.25) is 0 Å². The van der Waals surface area contributed by atoms with Gasteiger partial charge in [0.15, 0.2) is 11.5 Å². The van der Waals surface area contributed by atoms with Crippen LogP contribution in [0.4, 0.5) is 0 Å². The van der Waals surface area contributed by atoms with Gasteiger partial charge in [0.1, 0.15) is 0 Å². The average molecular weight is 351 g/mol. The zero-order chi connectivity index (χ0) is 17.2. The average Bonchev–Trinajstić information content (AvgIpc) is 2.85. The highest BCUT2D eigenvalue weighted by Crippen LogP contribution is 2.33. The van der Waals surface area contributed by atoms with E-state index in [1.807, 2.05) is 11.8 Å². The fraction of sp³-hybridized carbons (Fsp3) is 0.562. The molecule has 0 unspecified atom stereocenters. The zero-order valence-corrected chi connectivity index (χ0v) is 14.5. The quantitative estimate of drug-likeness (QED) is 0.810. The lowest BCUT2D eigenvalue weighted by Gasteiger charge is -2.35. The number of benzene rings is 1. The SMILES string of the molecule is C[C@@H](C#N)N1CCN(S(=O)(=O)c2ccc3c(c2)OCCCO3)CC1. The molecule has 0 bridgehead atoms. The molecule has 1 atom stereocenters. The van der Waals surface area contributed by atoms with Gasteiger partial charge in [0.25, 0.3) is 0 Å². The minimum Gasteiger partial charge on any atom is -0.490 e. The molecule has 1 aromatic rings. The molecule has 0 spiro atoms. The number of piperazine rings is 1. The van der Waals surface area contributed by atoms with E-state index in [1.54, 1.807) is 18.2 Å². The Labute approximate surface area is 142 Å². The molecule has 0 amide bonds. The second kappa shape index (κ2) is 6.97. The van der Waals surface area contributed by atoms with Crippen LogP contribution in [-0.2, 0) is 10.0 Å². The highest BCUT2D eigenvalue weighted by atomic mass is 32.2. The normalized spacial score (nSPS) is 20.8. The van der Waals surface area contributed by atoms with Crippen LogP contribution in [0.25, 0.3) is 0 Å². The van der Waals surface area contributed by atoms with Crippen LogP contribution in [-0.4, -0.2) is 63.1 Å². The topological polar surface area (TPSA) is 82.9 Å². The van der Waals surface area contributed by atoms with Gasteiger partial charge in [-0.2, -0.15) is 9.57 Å². The van der Waals surface area contributed by atoms with Gasteiger partial charge >= 0.3 is 0 Å². The number of nitrogens with zero attached hydrogens (tertiary/aromatic N) is 3. The van der Waals surface area contributed by atoms with Crippen LogP contribution >= 0.6 is 0 Å². The maximum atomic E-state index is 12.9. The molecule has 0 radical (unpaired) electrons. The maximum absolute atomic E-state index is 12.9. The summed E-state index contributed by atoms with van der Waals surface area (Å²) in [5, 5.41) is 8.98. The zero-order valence-electron chi connectivity index (χ0n) is 13.6. The van der Waals surface area contributed by atoms with Crippen molar-refractivity contribution in [3.63, 3.8) is 0 Å². The van der Waals surface area contributed by atoms with E-state index in [2.05, 4.69) is 6.07 Å². The van der Waals surface area contributed by atoms with Gasteiger partial charge in [0, 0.05) is 38.7 Å². The molecular weight excluding hydrogens is 330 g/mol. The largest absolute Gasteiger partial charge is 0.490 e. The molecule has 0 N–H and O–H groups in total. The Morgan fingerprint density at radius 3 is 2.46 bits per heavy atom. The van der Waals surface area contributed by atoms with E-state index < -0.39 is 10.0 Å². The summed E-state index contributed by atoms with van der Waals surface area (Å²) in [6.45, 7) is 4.77. The van der Waals surface area contributed by atoms with E-state index in [-0.39, 0.29) is 10.9 Å². The molecule has 0 aromatic heterocycles. The standard InChI is InChI=1S/C16H21N3O4S/c1-13(12-17)18-5-7-19(8-6-18)24(20,21)14-3-4-15-16(11-14)23-10-2-9-22-15/h3-4,11,13H,2,5-10H2,1H3/t13-/m0/s1. The summed E-state index contributed by atoms with van der Waals surface area (Å²) in [7, 11) is -3.58. The lowest BCUT2D eigenvalue weighted by atomic mass is 10.2. The molecule has 1 aromatic carbocycles. The number of hydrogen-bond donors (Lipinski definition) is 0. The van der Waals surface area contributed by atoms with E-state index in [0.717, 1.165) is 6.42 Å². The van der Waals surface area contributed by atoms with Crippen molar-refractivity contribution in [2.75, 3.05) is 39.4 Å². The number of ether oxygens (including phenoxy) is 2. The highest BCUT2D eigenvalue weighted by molar-refractivity contribution is 7.89. The summed E-state index contributed by atoms with van der Waals surface area (Å²) < 4.78 is 38.3. The number of fused-ring (bicyclic) bond motifs is 1. The minimum atomic E-state index is -3.58. The van der Waals surface area contributed by atoms with Crippen LogP contribution in [0.3, 0.4) is 0 Å². The second-order valence-electron chi connectivity index (χ2n) is 5.90. The van der Waals surface area contributed by atoms with Gasteiger partial charge in [-0.1, -0.05) is 0 Å². The second-order valence-corrected chi connectivity index (χ2v) is 7.84. The van der Waals surface area contributed by atoms with Crippen LogP contribution in [0.15, 0.2) is 23.1 Å². The first-order chi connectivity index (χ1) is 11.5. The predicted molar refractivity (Wildman–Crippen MR) is 87.5 cm³/mol. The predicted octanol–water partition coefficient (Wildman–Crippen LogP) is 1.07. The Balaban J connectivity index is 1.77. The molecule has 130 valence electrons. The molecule has 1 fully saturated rings. The number of sulfonamides is 1. The number of nitriles is 1. The third-order valence-electron chi connectivity index (χ3n) is 4.36. The summed E-state index contributed by atoms with van der Waals surface area (Å²) >= 11 is 0. The van der Waals surface area contributed by atoms with E-state index >= 15 is 0 Å². The molecule has 3 rings (SSSR count). The molecule has 0 saturated carbocycles. The Hall–Kier alpha value is -1.82. The van der Waals surface area contributed by atoms with Gasteiger partial charge < -0.3 is 9.47 Å². The van der Waals surface area contributed by atoms with Gasteiger partial charge in [0.05, 0.1) is 30.2 Å². The summed E-state index contributed by atoms with van der Waals surface area (Å²) in [6.07, 6.45) is 0.774. The Bertz CT molecular complexity index is 736. The molecule has 0 aliphatic carbocycles. The van der Waals surface area contributed by atoms with Crippen molar-refractivity contribution in [3.8, 4) is 17.6 Å². The summed E-state index contributed by atoms with van der Waals surface area (Å²) in [5.74, 6) is 1.06. The maximum Gasteiger partial charge on any atom is 0.243 e. The van der Waals surface area contributed by atoms with E-state index in [9.17, 15) is 8.42 Å². The molecule has 24 heavy (non-hydrogen) atoms. The first-order valence-electron chi connectivity index (χ1n) is 8.06. The van der Waals surface area contributed by atoms with Crippen LogP contribution in [0.1, 0.15) is 13.3 Å². The molecule has 1 saturated heterocycles.